The molecule has 0 N–H and O–H groups in total. The third-order valence-corrected chi connectivity index (χ3v) is 9.18. The van der Waals surface area contributed by atoms with E-state index >= 15 is 0 Å². The monoisotopic (exact) mass is 318 g/mol. The molecule has 2 nitrogen and oxygen atoms in total. The molecule has 0 aromatic heterocycles. The summed E-state index contributed by atoms with van der Waals surface area (Å²) in [5.41, 5.74) is 1.46. The van der Waals surface area contributed by atoms with Crippen molar-refractivity contribution in [3.63, 3.8) is 0 Å². The van der Waals surface area contributed by atoms with E-state index < -0.39 is 0 Å². The van der Waals surface area contributed by atoms with E-state index in [0.29, 0.717) is 10.8 Å². The van der Waals surface area contributed by atoms with E-state index in [-0.39, 0.29) is 16.9 Å². The molecule has 2 bridgehead atoms. The minimum atomic E-state index is 0.175. The highest BCUT2D eigenvalue weighted by molar-refractivity contribution is 5.39. The SMILES string of the molecule is CC1(C)CCCC2(C)[C@H]3CCC4(C)CC[C@]3(CC[C@@H]12)[C@H]4OC=O. The number of carbonyl (C=O) groups excluding carboxylic acids is 1. The highest BCUT2D eigenvalue weighted by Crippen LogP contribution is 2.74. The summed E-state index contributed by atoms with van der Waals surface area (Å²) < 4.78 is 5.83. The largest absolute Gasteiger partial charge is 0.463 e. The summed E-state index contributed by atoms with van der Waals surface area (Å²) in [6, 6.07) is 0. The molecule has 4 fully saturated rings. The van der Waals surface area contributed by atoms with Crippen LogP contribution in [0.4, 0.5) is 0 Å². The van der Waals surface area contributed by atoms with Gasteiger partial charge in [0.15, 0.2) is 0 Å². The molecule has 4 aliphatic carbocycles. The van der Waals surface area contributed by atoms with Gasteiger partial charge >= 0.3 is 0 Å². The van der Waals surface area contributed by atoms with Crippen LogP contribution < -0.4 is 0 Å². The van der Waals surface area contributed by atoms with E-state index in [1.807, 2.05) is 0 Å². The third kappa shape index (κ3) is 1.90. The fourth-order valence-corrected chi connectivity index (χ4v) is 8.34. The van der Waals surface area contributed by atoms with Crippen LogP contribution in [0.1, 0.15) is 85.5 Å². The molecule has 4 saturated carbocycles. The summed E-state index contributed by atoms with van der Waals surface area (Å²) in [6.45, 7) is 10.7. The Hall–Kier alpha value is -0.530. The number of hydrogen-bond acceptors (Lipinski definition) is 2. The van der Waals surface area contributed by atoms with Crippen molar-refractivity contribution in [2.24, 2.45) is 33.5 Å². The molecule has 0 heterocycles. The zero-order chi connectivity index (χ0) is 16.5. The Morgan fingerprint density at radius 3 is 2.35 bits per heavy atom. The van der Waals surface area contributed by atoms with Crippen molar-refractivity contribution < 1.29 is 9.53 Å². The van der Waals surface area contributed by atoms with Crippen molar-refractivity contribution in [1.82, 2.24) is 0 Å². The Balaban J connectivity index is 1.76. The van der Waals surface area contributed by atoms with Gasteiger partial charge in [0.25, 0.3) is 6.47 Å². The van der Waals surface area contributed by atoms with Gasteiger partial charge < -0.3 is 4.74 Å². The number of fused-ring (bicyclic) bond motifs is 3. The molecule has 6 atom stereocenters. The van der Waals surface area contributed by atoms with Crippen LogP contribution in [-0.4, -0.2) is 12.6 Å². The molecule has 0 aromatic carbocycles. The lowest BCUT2D eigenvalue weighted by Gasteiger charge is -2.65. The highest BCUT2D eigenvalue weighted by Gasteiger charge is 2.69. The van der Waals surface area contributed by atoms with Gasteiger partial charge in [-0.1, -0.05) is 34.1 Å². The van der Waals surface area contributed by atoms with Gasteiger partial charge in [-0.3, -0.25) is 4.79 Å². The standard InChI is InChI=1S/C21H34O2/c1-18(2)8-5-9-20(4)15(18)7-11-21-13-12-19(3,10-6-16(20)21)17(21)23-14-22/h14-17H,5-13H2,1-4H3/t15-,16+,17-,19?,20?,21-/m0/s1. The summed E-state index contributed by atoms with van der Waals surface area (Å²) in [5.74, 6) is 1.61. The summed E-state index contributed by atoms with van der Waals surface area (Å²) in [5, 5.41) is 0. The Morgan fingerprint density at radius 2 is 1.61 bits per heavy atom. The topological polar surface area (TPSA) is 26.3 Å². The summed E-state index contributed by atoms with van der Waals surface area (Å²) in [6.07, 6.45) is 12.1. The predicted molar refractivity (Wildman–Crippen MR) is 91.9 cm³/mol. The van der Waals surface area contributed by atoms with E-state index in [4.69, 9.17) is 4.74 Å². The minimum absolute atomic E-state index is 0.175. The molecule has 2 heteroatoms. The molecule has 0 aliphatic heterocycles. The Kier molecular flexibility index (Phi) is 3.30. The van der Waals surface area contributed by atoms with E-state index in [0.717, 1.165) is 18.3 Å². The Labute approximate surface area is 141 Å². The zero-order valence-electron chi connectivity index (χ0n) is 15.5. The molecule has 4 rings (SSSR count). The van der Waals surface area contributed by atoms with Gasteiger partial charge in [-0.15, -0.1) is 0 Å². The van der Waals surface area contributed by atoms with Crippen LogP contribution in [0.2, 0.25) is 0 Å². The fourth-order valence-electron chi connectivity index (χ4n) is 8.34. The Morgan fingerprint density at radius 1 is 0.870 bits per heavy atom. The lowest BCUT2D eigenvalue weighted by Crippen LogP contribution is -2.61. The van der Waals surface area contributed by atoms with Crippen molar-refractivity contribution >= 4 is 6.47 Å². The number of rotatable bonds is 2. The average Bonchev–Trinajstić information content (AvgIpc) is 2.64. The van der Waals surface area contributed by atoms with E-state index in [1.54, 1.807) is 0 Å². The maximum absolute atomic E-state index is 11.2. The maximum Gasteiger partial charge on any atom is 0.293 e. The van der Waals surface area contributed by atoms with Crippen LogP contribution in [0.15, 0.2) is 0 Å². The number of hydrogen-bond donors (Lipinski definition) is 0. The number of ether oxygens (including phenoxy) is 1. The van der Waals surface area contributed by atoms with Crippen LogP contribution in [0.3, 0.4) is 0 Å². The van der Waals surface area contributed by atoms with Crippen molar-refractivity contribution in [1.29, 1.82) is 0 Å². The van der Waals surface area contributed by atoms with Crippen molar-refractivity contribution in [2.45, 2.75) is 91.6 Å². The molecule has 0 saturated heterocycles. The first-order chi connectivity index (χ1) is 10.8. The predicted octanol–water partition coefficient (Wildman–Crippen LogP) is 5.35. The van der Waals surface area contributed by atoms with Crippen LogP contribution in [0.5, 0.6) is 0 Å². The summed E-state index contributed by atoms with van der Waals surface area (Å²) in [7, 11) is 0. The second-order valence-corrected chi connectivity index (χ2v) is 10.5. The summed E-state index contributed by atoms with van der Waals surface area (Å²) >= 11 is 0. The van der Waals surface area contributed by atoms with Crippen LogP contribution in [-0.2, 0) is 9.53 Å². The maximum atomic E-state index is 11.2. The van der Waals surface area contributed by atoms with Gasteiger partial charge in [0, 0.05) is 10.8 Å². The van der Waals surface area contributed by atoms with Gasteiger partial charge in [-0.2, -0.15) is 0 Å². The van der Waals surface area contributed by atoms with Gasteiger partial charge in [-0.25, -0.2) is 0 Å². The first kappa shape index (κ1) is 16.0. The van der Waals surface area contributed by atoms with Crippen molar-refractivity contribution in [2.75, 3.05) is 0 Å². The zero-order valence-corrected chi connectivity index (χ0v) is 15.5. The molecule has 130 valence electrons. The molecular weight excluding hydrogens is 284 g/mol. The molecular formula is C21H34O2. The molecule has 0 aromatic rings. The summed E-state index contributed by atoms with van der Waals surface area (Å²) in [4.78, 5) is 11.2. The fraction of sp³-hybridized carbons (Fsp3) is 0.952. The van der Waals surface area contributed by atoms with Crippen LogP contribution in [0.25, 0.3) is 0 Å². The van der Waals surface area contributed by atoms with E-state index in [2.05, 4.69) is 27.7 Å². The smallest absolute Gasteiger partial charge is 0.293 e. The third-order valence-electron chi connectivity index (χ3n) is 9.18. The van der Waals surface area contributed by atoms with Gasteiger partial charge in [0.05, 0.1) is 0 Å². The minimum Gasteiger partial charge on any atom is -0.463 e. The van der Waals surface area contributed by atoms with Crippen molar-refractivity contribution in [3.05, 3.63) is 0 Å². The molecule has 23 heavy (non-hydrogen) atoms. The van der Waals surface area contributed by atoms with Gasteiger partial charge in [0.1, 0.15) is 6.10 Å². The number of carbonyl (C=O) groups is 1. The van der Waals surface area contributed by atoms with Crippen LogP contribution >= 0.6 is 0 Å². The normalized spacial score (nSPS) is 54.0. The first-order valence-electron chi connectivity index (χ1n) is 9.88. The molecule has 4 aliphatic rings. The Bertz CT molecular complexity index is 512. The van der Waals surface area contributed by atoms with Gasteiger partial charge in [-0.05, 0) is 74.0 Å². The quantitative estimate of drug-likeness (QED) is 0.641. The second-order valence-electron chi connectivity index (χ2n) is 10.5. The lowest BCUT2D eigenvalue weighted by molar-refractivity contribution is -0.205. The van der Waals surface area contributed by atoms with Crippen LogP contribution in [0, 0.1) is 33.5 Å². The van der Waals surface area contributed by atoms with E-state index in [9.17, 15) is 4.79 Å². The van der Waals surface area contributed by atoms with E-state index in [1.165, 1.54) is 57.8 Å². The lowest BCUT2D eigenvalue weighted by atomic mass is 9.40. The molecule has 1 spiro atoms. The molecule has 2 unspecified atom stereocenters. The first-order valence-corrected chi connectivity index (χ1v) is 9.88. The average molecular weight is 319 g/mol. The molecule has 0 amide bonds. The van der Waals surface area contributed by atoms with Gasteiger partial charge in [0.2, 0.25) is 0 Å². The molecule has 0 radical (unpaired) electrons. The highest BCUT2D eigenvalue weighted by atomic mass is 16.5. The van der Waals surface area contributed by atoms with Crippen molar-refractivity contribution in [3.8, 4) is 0 Å². The second kappa shape index (κ2) is 4.76.